The van der Waals surface area contributed by atoms with Crippen LogP contribution in [0, 0.1) is 5.92 Å². The Bertz CT molecular complexity index is 394. The zero-order valence-corrected chi connectivity index (χ0v) is 12.2. The molecule has 3 atom stereocenters. The summed E-state index contributed by atoms with van der Waals surface area (Å²) in [6.45, 7) is 6.22. The molecule has 0 bridgehead atoms. The third-order valence-corrected chi connectivity index (χ3v) is 4.05. The van der Waals surface area contributed by atoms with Crippen molar-refractivity contribution in [2.45, 2.75) is 38.8 Å². The Morgan fingerprint density at radius 2 is 2.21 bits per heavy atom. The van der Waals surface area contributed by atoms with Crippen molar-refractivity contribution >= 4 is 0 Å². The molecule has 0 aromatic heterocycles. The second kappa shape index (κ2) is 6.92. The highest BCUT2D eigenvalue weighted by atomic mass is 16.5. The van der Waals surface area contributed by atoms with Crippen LogP contribution >= 0.6 is 0 Å². The van der Waals surface area contributed by atoms with Crippen LogP contribution in [-0.2, 0) is 11.2 Å². The molecule has 19 heavy (non-hydrogen) atoms. The Morgan fingerprint density at radius 1 is 1.42 bits per heavy atom. The van der Waals surface area contributed by atoms with Crippen molar-refractivity contribution in [2.24, 2.45) is 5.92 Å². The number of hydrogen-bond acceptors (Lipinski definition) is 3. The van der Waals surface area contributed by atoms with Crippen LogP contribution in [-0.4, -0.2) is 32.4 Å². The third kappa shape index (κ3) is 3.48. The van der Waals surface area contributed by atoms with Crippen LogP contribution in [0.25, 0.3) is 0 Å². The van der Waals surface area contributed by atoms with Gasteiger partial charge >= 0.3 is 0 Å². The van der Waals surface area contributed by atoms with Gasteiger partial charge in [0.25, 0.3) is 0 Å². The average Bonchev–Trinajstić information content (AvgIpc) is 2.85. The fraction of sp³-hybridized carbons (Fsp3) is 0.625. The molecule has 1 saturated heterocycles. The van der Waals surface area contributed by atoms with Crippen molar-refractivity contribution < 1.29 is 9.47 Å². The summed E-state index contributed by atoms with van der Waals surface area (Å²) in [5, 5.41) is 3.62. The SMILES string of the molecule is CCNC(Cc1ccccc1OC)C1CCOC1C. The van der Waals surface area contributed by atoms with Crippen molar-refractivity contribution in [3.8, 4) is 5.75 Å². The van der Waals surface area contributed by atoms with Crippen molar-refractivity contribution in [2.75, 3.05) is 20.3 Å². The number of methoxy groups -OCH3 is 1. The summed E-state index contributed by atoms with van der Waals surface area (Å²) in [6.07, 6.45) is 2.49. The molecule has 1 aromatic rings. The molecular weight excluding hydrogens is 238 g/mol. The molecule has 1 heterocycles. The minimum Gasteiger partial charge on any atom is -0.496 e. The Hall–Kier alpha value is -1.06. The van der Waals surface area contributed by atoms with Gasteiger partial charge in [-0.05, 0) is 37.9 Å². The lowest BCUT2D eigenvalue weighted by Crippen LogP contribution is -2.40. The van der Waals surface area contributed by atoms with Gasteiger partial charge in [-0.2, -0.15) is 0 Å². The Balaban J connectivity index is 2.11. The van der Waals surface area contributed by atoms with E-state index in [4.69, 9.17) is 9.47 Å². The Morgan fingerprint density at radius 3 is 2.84 bits per heavy atom. The van der Waals surface area contributed by atoms with Crippen LogP contribution in [0.2, 0.25) is 0 Å². The molecule has 1 aliphatic rings. The summed E-state index contributed by atoms with van der Waals surface area (Å²) >= 11 is 0. The third-order valence-electron chi connectivity index (χ3n) is 4.05. The molecule has 3 nitrogen and oxygen atoms in total. The van der Waals surface area contributed by atoms with Crippen LogP contribution in [0.5, 0.6) is 5.75 Å². The van der Waals surface area contributed by atoms with E-state index in [2.05, 4.69) is 31.3 Å². The molecule has 1 fully saturated rings. The van der Waals surface area contributed by atoms with E-state index < -0.39 is 0 Å². The van der Waals surface area contributed by atoms with Crippen molar-refractivity contribution in [1.29, 1.82) is 0 Å². The smallest absolute Gasteiger partial charge is 0.122 e. The largest absolute Gasteiger partial charge is 0.496 e. The predicted molar refractivity (Wildman–Crippen MR) is 77.7 cm³/mol. The van der Waals surface area contributed by atoms with Crippen LogP contribution in [0.3, 0.4) is 0 Å². The summed E-state index contributed by atoms with van der Waals surface area (Å²) in [5.41, 5.74) is 1.27. The maximum atomic E-state index is 5.72. The first-order valence-corrected chi connectivity index (χ1v) is 7.23. The van der Waals surface area contributed by atoms with Gasteiger partial charge in [0.1, 0.15) is 5.75 Å². The molecule has 1 aromatic carbocycles. The number of rotatable bonds is 6. The Labute approximate surface area is 116 Å². The van der Waals surface area contributed by atoms with Crippen LogP contribution in [0.15, 0.2) is 24.3 Å². The number of likely N-dealkylation sites (N-methyl/N-ethyl adjacent to an activating group) is 1. The van der Waals surface area contributed by atoms with E-state index in [1.54, 1.807) is 7.11 Å². The van der Waals surface area contributed by atoms with Gasteiger partial charge in [0.2, 0.25) is 0 Å². The second-order valence-corrected chi connectivity index (χ2v) is 5.21. The highest BCUT2D eigenvalue weighted by molar-refractivity contribution is 5.34. The van der Waals surface area contributed by atoms with E-state index >= 15 is 0 Å². The topological polar surface area (TPSA) is 30.5 Å². The molecule has 3 heteroatoms. The lowest BCUT2D eigenvalue weighted by atomic mass is 9.88. The monoisotopic (exact) mass is 263 g/mol. The van der Waals surface area contributed by atoms with E-state index in [9.17, 15) is 0 Å². The van der Waals surface area contributed by atoms with E-state index in [0.29, 0.717) is 18.1 Å². The zero-order valence-electron chi connectivity index (χ0n) is 12.2. The molecule has 1 N–H and O–H groups in total. The van der Waals surface area contributed by atoms with Crippen molar-refractivity contribution in [1.82, 2.24) is 5.32 Å². The maximum Gasteiger partial charge on any atom is 0.122 e. The van der Waals surface area contributed by atoms with E-state index in [0.717, 1.165) is 31.7 Å². The first-order valence-electron chi connectivity index (χ1n) is 7.23. The zero-order chi connectivity index (χ0) is 13.7. The number of benzene rings is 1. The molecule has 2 rings (SSSR count). The quantitative estimate of drug-likeness (QED) is 0.856. The summed E-state index contributed by atoms with van der Waals surface area (Å²) in [6, 6.07) is 8.75. The molecule has 1 aliphatic heterocycles. The molecular formula is C16H25NO2. The van der Waals surface area contributed by atoms with Gasteiger partial charge in [-0.1, -0.05) is 25.1 Å². The summed E-state index contributed by atoms with van der Waals surface area (Å²) in [5.74, 6) is 1.57. The van der Waals surface area contributed by atoms with Gasteiger partial charge in [-0.3, -0.25) is 0 Å². The summed E-state index contributed by atoms with van der Waals surface area (Å²) < 4.78 is 11.2. The van der Waals surface area contributed by atoms with Crippen LogP contribution < -0.4 is 10.1 Å². The predicted octanol–water partition coefficient (Wildman–Crippen LogP) is 2.64. The minimum atomic E-state index is 0.346. The fourth-order valence-corrected chi connectivity index (χ4v) is 3.02. The fourth-order valence-electron chi connectivity index (χ4n) is 3.02. The number of hydrogen-bond donors (Lipinski definition) is 1. The molecule has 106 valence electrons. The molecule has 0 spiro atoms. The van der Waals surface area contributed by atoms with Gasteiger partial charge in [-0.15, -0.1) is 0 Å². The van der Waals surface area contributed by atoms with Crippen molar-refractivity contribution in [3.05, 3.63) is 29.8 Å². The highest BCUT2D eigenvalue weighted by Crippen LogP contribution is 2.28. The molecule has 0 saturated carbocycles. The van der Waals surface area contributed by atoms with Gasteiger partial charge in [-0.25, -0.2) is 0 Å². The summed E-state index contributed by atoms with van der Waals surface area (Å²) in [7, 11) is 1.74. The van der Waals surface area contributed by atoms with Gasteiger partial charge in [0, 0.05) is 18.6 Å². The normalized spacial score (nSPS) is 24.4. The summed E-state index contributed by atoms with van der Waals surface area (Å²) in [4.78, 5) is 0. The van der Waals surface area contributed by atoms with Gasteiger partial charge < -0.3 is 14.8 Å². The number of nitrogens with one attached hydrogen (secondary N) is 1. The molecule has 3 unspecified atom stereocenters. The average molecular weight is 263 g/mol. The van der Waals surface area contributed by atoms with E-state index in [-0.39, 0.29) is 0 Å². The van der Waals surface area contributed by atoms with E-state index in [1.807, 2.05) is 12.1 Å². The lowest BCUT2D eigenvalue weighted by Gasteiger charge is -2.27. The van der Waals surface area contributed by atoms with Crippen molar-refractivity contribution in [3.63, 3.8) is 0 Å². The molecule has 0 radical (unpaired) electrons. The van der Waals surface area contributed by atoms with Crippen LogP contribution in [0.1, 0.15) is 25.8 Å². The molecule has 0 aliphatic carbocycles. The number of ether oxygens (including phenoxy) is 2. The van der Waals surface area contributed by atoms with Gasteiger partial charge in [0.05, 0.1) is 13.2 Å². The molecule has 0 amide bonds. The minimum absolute atomic E-state index is 0.346. The standard InChI is InChI=1S/C16H25NO2/c1-4-17-15(14-9-10-19-12(14)2)11-13-7-5-6-8-16(13)18-3/h5-8,12,14-15,17H,4,9-11H2,1-3H3. The second-order valence-electron chi connectivity index (χ2n) is 5.21. The maximum absolute atomic E-state index is 5.72. The first-order chi connectivity index (χ1) is 9.26. The Kier molecular flexibility index (Phi) is 5.23. The van der Waals surface area contributed by atoms with E-state index in [1.165, 1.54) is 5.56 Å². The van der Waals surface area contributed by atoms with Gasteiger partial charge in [0.15, 0.2) is 0 Å². The number of para-hydroxylation sites is 1. The lowest BCUT2D eigenvalue weighted by molar-refractivity contribution is 0.0955. The highest BCUT2D eigenvalue weighted by Gasteiger charge is 2.31. The first kappa shape index (κ1) is 14.4. The van der Waals surface area contributed by atoms with Crippen LogP contribution in [0.4, 0.5) is 0 Å².